The van der Waals surface area contributed by atoms with Gasteiger partial charge in [0.1, 0.15) is 4.90 Å². The van der Waals surface area contributed by atoms with Gasteiger partial charge in [-0.15, -0.1) is 0 Å². The van der Waals surface area contributed by atoms with Gasteiger partial charge in [0.05, 0.1) is 5.69 Å². The van der Waals surface area contributed by atoms with Crippen LogP contribution in [0.15, 0.2) is 29.2 Å². The zero-order valence-corrected chi connectivity index (χ0v) is 9.76. The predicted octanol–water partition coefficient (Wildman–Crippen LogP) is 1.56. The van der Waals surface area contributed by atoms with Crippen LogP contribution in [0.3, 0.4) is 0 Å². The van der Waals surface area contributed by atoms with Crippen LogP contribution in [0.1, 0.15) is 11.1 Å². The maximum Gasteiger partial charge on any atom is 0.262 e. The first-order chi connectivity index (χ1) is 8.17. The first-order valence-electron chi connectivity index (χ1n) is 5.48. The average Bonchev–Trinajstić information content (AvgIpc) is 2.81. The molecule has 0 atom stereocenters. The molecule has 2 aromatic rings. The van der Waals surface area contributed by atoms with E-state index in [1.54, 1.807) is 0 Å². The fourth-order valence-corrected chi connectivity index (χ4v) is 4.35. The van der Waals surface area contributed by atoms with Gasteiger partial charge in [-0.1, -0.05) is 12.1 Å². The zero-order valence-electron chi connectivity index (χ0n) is 8.95. The van der Waals surface area contributed by atoms with Gasteiger partial charge in [0, 0.05) is 18.5 Å². The van der Waals surface area contributed by atoms with Gasteiger partial charge in [0.25, 0.3) is 10.0 Å². The maximum absolute atomic E-state index is 12.2. The molecule has 86 valence electrons. The number of rotatable bonds is 0. The number of sulfonamides is 1. The number of nitrogens with one attached hydrogen (secondary N) is 2. The van der Waals surface area contributed by atoms with Gasteiger partial charge in [-0.05, 0) is 28.6 Å². The second-order valence-corrected chi connectivity index (χ2v) is 6.08. The van der Waals surface area contributed by atoms with Crippen LogP contribution in [0.25, 0.3) is 10.8 Å². The highest BCUT2D eigenvalue weighted by Gasteiger charge is 2.32. The Balaban J connectivity index is 2.30. The van der Waals surface area contributed by atoms with E-state index in [2.05, 4.69) is 16.1 Å². The molecular weight excluding hydrogens is 236 g/mol. The van der Waals surface area contributed by atoms with E-state index in [4.69, 9.17) is 0 Å². The molecule has 0 spiro atoms. The molecule has 0 saturated carbocycles. The zero-order chi connectivity index (χ0) is 11.6. The molecule has 0 fully saturated rings. The summed E-state index contributed by atoms with van der Waals surface area (Å²) in [5, 5.41) is 5.04. The quantitative estimate of drug-likeness (QED) is 0.741. The minimum Gasteiger partial charge on any atom is -0.309 e. The second kappa shape index (κ2) is 2.80. The fourth-order valence-electron chi connectivity index (χ4n) is 2.77. The van der Waals surface area contributed by atoms with Crippen molar-refractivity contribution in [2.45, 2.75) is 18.0 Å². The van der Waals surface area contributed by atoms with Crippen LogP contribution in [0.2, 0.25) is 0 Å². The summed E-state index contributed by atoms with van der Waals surface area (Å²) in [6, 6.07) is 7.73. The highest BCUT2D eigenvalue weighted by Crippen LogP contribution is 2.41. The van der Waals surface area contributed by atoms with Crippen molar-refractivity contribution in [1.82, 2.24) is 5.32 Å². The summed E-state index contributed by atoms with van der Waals surface area (Å²) >= 11 is 0. The molecule has 0 amide bonds. The maximum atomic E-state index is 12.2. The van der Waals surface area contributed by atoms with Gasteiger partial charge in [0.2, 0.25) is 0 Å². The molecule has 0 aromatic heterocycles. The van der Waals surface area contributed by atoms with Crippen LogP contribution >= 0.6 is 0 Å². The first kappa shape index (κ1) is 9.44. The summed E-state index contributed by atoms with van der Waals surface area (Å²) in [5.74, 6) is 0. The van der Waals surface area contributed by atoms with Crippen molar-refractivity contribution in [1.29, 1.82) is 0 Å². The lowest BCUT2D eigenvalue weighted by molar-refractivity contribution is 0.602. The van der Waals surface area contributed by atoms with Gasteiger partial charge < -0.3 is 5.32 Å². The van der Waals surface area contributed by atoms with E-state index in [1.165, 1.54) is 0 Å². The van der Waals surface area contributed by atoms with Crippen LogP contribution in [-0.4, -0.2) is 8.42 Å². The number of anilines is 1. The van der Waals surface area contributed by atoms with Gasteiger partial charge in [-0.25, -0.2) is 8.42 Å². The smallest absolute Gasteiger partial charge is 0.262 e. The normalized spacial score (nSPS) is 19.3. The van der Waals surface area contributed by atoms with E-state index in [-0.39, 0.29) is 0 Å². The SMILES string of the molecule is O=S1(=O)Nc2cccc3cc4c(c1c23)CNC4. The Labute approximate surface area is 98.7 Å². The minimum atomic E-state index is -3.37. The van der Waals surface area contributed by atoms with E-state index in [0.717, 1.165) is 28.4 Å². The van der Waals surface area contributed by atoms with Crippen molar-refractivity contribution >= 4 is 26.5 Å². The van der Waals surface area contributed by atoms with Crippen molar-refractivity contribution in [3.8, 4) is 0 Å². The van der Waals surface area contributed by atoms with Crippen LogP contribution in [0, 0.1) is 0 Å². The summed E-state index contributed by atoms with van der Waals surface area (Å²) in [4.78, 5) is 0.477. The largest absolute Gasteiger partial charge is 0.309 e. The molecule has 0 aliphatic carbocycles. The summed E-state index contributed by atoms with van der Waals surface area (Å²) in [5.41, 5.74) is 2.72. The van der Waals surface area contributed by atoms with Gasteiger partial charge in [0.15, 0.2) is 0 Å². The van der Waals surface area contributed by atoms with Crippen molar-refractivity contribution in [2.24, 2.45) is 0 Å². The van der Waals surface area contributed by atoms with Crippen LogP contribution in [0.4, 0.5) is 5.69 Å². The minimum absolute atomic E-state index is 0.477. The summed E-state index contributed by atoms with van der Waals surface area (Å²) in [6.07, 6.45) is 0. The number of hydrogen-bond acceptors (Lipinski definition) is 3. The van der Waals surface area contributed by atoms with Gasteiger partial charge in [-0.2, -0.15) is 0 Å². The number of benzene rings is 2. The molecule has 0 radical (unpaired) electrons. The Bertz CT molecular complexity index is 766. The molecule has 2 aromatic carbocycles. The van der Waals surface area contributed by atoms with E-state index < -0.39 is 10.0 Å². The molecule has 2 N–H and O–H groups in total. The lowest BCUT2D eigenvalue weighted by Gasteiger charge is -2.05. The van der Waals surface area contributed by atoms with Crippen molar-refractivity contribution in [2.75, 3.05) is 4.72 Å². The third-order valence-corrected chi connectivity index (χ3v) is 4.92. The summed E-state index contributed by atoms with van der Waals surface area (Å²) in [6.45, 7) is 1.38. The Hall–Kier alpha value is -1.59. The van der Waals surface area contributed by atoms with Crippen LogP contribution in [-0.2, 0) is 23.1 Å². The monoisotopic (exact) mass is 246 g/mol. The van der Waals surface area contributed by atoms with E-state index in [0.29, 0.717) is 17.1 Å². The predicted molar refractivity (Wildman–Crippen MR) is 65.3 cm³/mol. The Kier molecular flexibility index (Phi) is 1.56. The highest BCUT2D eigenvalue weighted by molar-refractivity contribution is 7.93. The summed E-state index contributed by atoms with van der Waals surface area (Å²) in [7, 11) is -3.37. The second-order valence-electron chi connectivity index (χ2n) is 4.46. The Morgan fingerprint density at radius 1 is 1.18 bits per heavy atom. The van der Waals surface area contributed by atoms with Crippen molar-refractivity contribution < 1.29 is 8.42 Å². The number of fused-ring (bicyclic) bond motifs is 2. The fraction of sp³-hybridized carbons (Fsp3) is 0.167. The molecule has 2 aliphatic rings. The first-order valence-corrected chi connectivity index (χ1v) is 6.96. The molecule has 5 heteroatoms. The Morgan fingerprint density at radius 3 is 2.94 bits per heavy atom. The molecule has 0 unspecified atom stereocenters. The van der Waals surface area contributed by atoms with E-state index >= 15 is 0 Å². The Morgan fingerprint density at radius 2 is 2.06 bits per heavy atom. The molecule has 4 nitrogen and oxygen atoms in total. The molecule has 0 saturated heterocycles. The number of hydrogen-bond donors (Lipinski definition) is 2. The molecule has 4 rings (SSSR count). The van der Waals surface area contributed by atoms with E-state index in [1.807, 2.05) is 18.2 Å². The average molecular weight is 246 g/mol. The van der Waals surface area contributed by atoms with Crippen LogP contribution in [0.5, 0.6) is 0 Å². The molecule has 2 heterocycles. The molecule has 0 bridgehead atoms. The lowest BCUT2D eigenvalue weighted by Crippen LogP contribution is -2.09. The summed E-state index contributed by atoms with van der Waals surface area (Å²) < 4.78 is 26.9. The van der Waals surface area contributed by atoms with Crippen molar-refractivity contribution in [3.63, 3.8) is 0 Å². The van der Waals surface area contributed by atoms with Gasteiger partial charge >= 0.3 is 0 Å². The molecular formula is C12H10N2O2S. The third kappa shape index (κ3) is 1.08. The van der Waals surface area contributed by atoms with Gasteiger partial charge in [-0.3, -0.25) is 4.72 Å². The lowest BCUT2D eigenvalue weighted by atomic mass is 10.0. The van der Waals surface area contributed by atoms with Crippen LogP contribution < -0.4 is 10.0 Å². The molecule has 2 aliphatic heterocycles. The van der Waals surface area contributed by atoms with E-state index in [9.17, 15) is 8.42 Å². The van der Waals surface area contributed by atoms with Crippen molar-refractivity contribution in [3.05, 3.63) is 35.4 Å². The topological polar surface area (TPSA) is 58.2 Å². The molecule has 17 heavy (non-hydrogen) atoms. The highest BCUT2D eigenvalue weighted by atomic mass is 32.2. The standard InChI is InChI=1S/C12H10N2O2S/c15-17(16)12-9-6-13-5-8(9)4-7-2-1-3-10(14-17)11(7)12/h1-4,13-14H,5-6H2. The third-order valence-electron chi connectivity index (χ3n) is 3.45.